The molecule has 1 aromatic carbocycles. The van der Waals surface area contributed by atoms with Gasteiger partial charge in [0.05, 0.1) is 6.54 Å². The van der Waals surface area contributed by atoms with Crippen molar-refractivity contribution < 1.29 is 19.8 Å². The molecule has 4 N–H and O–H groups in total. The summed E-state index contributed by atoms with van der Waals surface area (Å²) in [7, 11) is 0. The van der Waals surface area contributed by atoms with Crippen molar-refractivity contribution in [2.45, 2.75) is 12.6 Å². The molecule has 0 heterocycles. The molecule has 0 radical (unpaired) electrons. The molecule has 0 bridgehead atoms. The number of carbonyl (C=O) groups excluding carboxylic acids is 1. The number of carboxylic acid groups (broad SMARTS) is 1. The molecular weight excluding hydrogens is 304 g/mol. The fraction of sp³-hybridized carbons (Fsp3) is 0.273. The zero-order valence-electron chi connectivity index (χ0n) is 9.39. The maximum atomic E-state index is 11.3. The van der Waals surface area contributed by atoms with Gasteiger partial charge in [-0.15, -0.1) is 0 Å². The van der Waals surface area contributed by atoms with Crippen molar-refractivity contribution >= 4 is 27.9 Å². The molecule has 0 aromatic heterocycles. The monoisotopic (exact) mass is 316 g/mol. The Labute approximate surface area is 112 Å². The van der Waals surface area contributed by atoms with Crippen molar-refractivity contribution in [2.75, 3.05) is 6.54 Å². The molecular formula is C11H13BrN2O4. The summed E-state index contributed by atoms with van der Waals surface area (Å²) in [4.78, 5) is 21.6. The van der Waals surface area contributed by atoms with Crippen LogP contribution in [0.15, 0.2) is 28.7 Å². The van der Waals surface area contributed by atoms with E-state index < -0.39 is 18.1 Å². The van der Waals surface area contributed by atoms with Crippen molar-refractivity contribution in [3.63, 3.8) is 0 Å². The lowest BCUT2D eigenvalue weighted by molar-refractivity contribution is -0.146. The van der Waals surface area contributed by atoms with E-state index in [1.165, 1.54) is 0 Å². The van der Waals surface area contributed by atoms with E-state index in [0.717, 1.165) is 10.0 Å². The molecule has 98 valence electrons. The number of hydrogen-bond donors (Lipinski definition) is 4. The minimum absolute atomic E-state index is 0.314. The van der Waals surface area contributed by atoms with E-state index in [2.05, 4.69) is 26.6 Å². The van der Waals surface area contributed by atoms with Crippen LogP contribution in [0.2, 0.25) is 0 Å². The molecule has 2 amide bonds. The minimum atomic E-state index is -1.60. The SMILES string of the molecule is O=C(NCc1cccc(Br)c1)NCC(O)C(=O)O. The third-order valence-electron chi connectivity index (χ3n) is 2.08. The summed E-state index contributed by atoms with van der Waals surface area (Å²) < 4.78 is 0.906. The van der Waals surface area contributed by atoms with Crippen molar-refractivity contribution in [3.05, 3.63) is 34.3 Å². The topological polar surface area (TPSA) is 98.7 Å². The smallest absolute Gasteiger partial charge is 0.334 e. The van der Waals surface area contributed by atoms with E-state index >= 15 is 0 Å². The van der Waals surface area contributed by atoms with E-state index in [9.17, 15) is 9.59 Å². The first-order chi connectivity index (χ1) is 8.49. The zero-order chi connectivity index (χ0) is 13.5. The van der Waals surface area contributed by atoms with Crippen LogP contribution in [0.3, 0.4) is 0 Å². The third kappa shape index (κ3) is 5.15. The van der Waals surface area contributed by atoms with Gasteiger partial charge in [0.15, 0.2) is 6.10 Å². The van der Waals surface area contributed by atoms with Gasteiger partial charge in [0, 0.05) is 11.0 Å². The highest BCUT2D eigenvalue weighted by molar-refractivity contribution is 9.10. The lowest BCUT2D eigenvalue weighted by Gasteiger charge is -2.09. The van der Waals surface area contributed by atoms with E-state index in [1.54, 1.807) is 0 Å². The molecule has 0 saturated carbocycles. The normalized spacial score (nSPS) is 11.7. The summed E-state index contributed by atoms with van der Waals surface area (Å²) in [6.07, 6.45) is -1.60. The molecule has 0 spiro atoms. The van der Waals surface area contributed by atoms with Crippen LogP contribution in [0, 0.1) is 0 Å². The molecule has 18 heavy (non-hydrogen) atoms. The summed E-state index contributed by atoms with van der Waals surface area (Å²) in [6, 6.07) is 6.87. The largest absolute Gasteiger partial charge is 0.479 e. The lowest BCUT2D eigenvalue weighted by atomic mass is 10.2. The van der Waals surface area contributed by atoms with E-state index in [1.807, 2.05) is 24.3 Å². The lowest BCUT2D eigenvalue weighted by Crippen LogP contribution is -2.41. The first-order valence-corrected chi connectivity index (χ1v) is 5.95. The van der Waals surface area contributed by atoms with Crippen molar-refractivity contribution in [2.24, 2.45) is 0 Å². The maximum absolute atomic E-state index is 11.3. The van der Waals surface area contributed by atoms with Gasteiger partial charge in [-0.25, -0.2) is 9.59 Å². The number of amides is 2. The van der Waals surface area contributed by atoms with Gasteiger partial charge in [0.2, 0.25) is 0 Å². The average Bonchev–Trinajstić information content (AvgIpc) is 2.33. The van der Waals surface area contributed by atoms with Gasteiger partial charge < -0.3 is 20.8 Å². The molecule has 1 aromatic rings. The predicted molar refractivity (Wildman–Crippen MR) is 68.0 cm³/mol. The van der Waals surface area contributed by atoms with Gasteiger partial charge in [-0.3, -0.25) is 0 Å². The second kappa shape index (κ2) is 6.97. The molecule has 6 nitrogen and oxygen atoms in total. The molecule has 0 aliphatic carbocycles. The van der Waals surface area contributed by atoms with Gasteiger partial charge in [-0.1, -0.05) is 28.1 Å². The number of hydrogen-bond acceptors (Lipinski definition) is 3. The Hall–Kier alpha value is -1.60. The van der Waals surface area contributed by atoms with Crippen LogP contribution in [-0.4, -0.2) is 34.9 Å². The van der Waals surface area contributed by atoms with Crippen molar-refractivity contribution in [1.82, 2.24) is 10.6 Å². The summed E-state index contributed by atoms with van der Waals surface area (Å²) >= 11 is 3.31. The van der Waals surface area contributed by atoms with Gasteiger partial charge in [0.25, 0.3) is 0 Å². The fourth-order valence-electron chi connectivity index (χ4n) is 1.17. The Morgan fingerprint density at radius 2 is 2.06 bits per heavy atom. The molecule has 1 rings (SSSR count). The Kier molecular flexibility index (Phi) is 5.60. The molecule has 0 fully saturated rings. The predicted octanol–water partition coefficient (Wildman–Crippen LogP) is 0.694. The molecule has 1 unspecified atom stereocenters. The van der Waals surface area contributed by atoms with Crippen LogP contribution in [0.25, 0.3) is 0 Å². The van der Waals surface area contributed by atoms with E-state index in [4.69, 9.17) is 10.2 Å². The second-order valence-electron chi connectivity index (χ2n) is 3.55. The van der Waals surface area contributed by atoms with Crippen LogP contribution in [0.5, 0.6) is 0 Å². The Morgan fingerprint density at radius 3 is 2.67 bits per heavy atom. The maximum Gasteiger partial charge on any atom is 0.334 e. The first kappa shape index (κ1) is 14.5. The summed E-state index contributed by atoms with van der Waals surface area (Å²) in [5.74, 6) is -1.37. The van der Waals surface area contributed by atoms with E-state index in [-0.39, 0.29) is 6.54 Å². The number of aliphatic carboxylic acids is 1. The van der Waals surface area contributed by atoms with Crippen LogP contribution in [0.4, 0.5) is 4.79 Å². The number of nitrogens with one attached hydrogen (secondary N) is 2. The number of rotatable bonds is 5. The van der Waals surface area contributed by atoms with Crippen LogP contribution < -0.4 is 10.6 Å². The van der Waals surface area contributed by atoms with Gasteiger partial charge in [-0.2, -0.15) is 0 Å². The van der Waals surface area contributed by atoms with Gasteiger partial charge >= 0.3 is 12.0 Å². The first-order valence-electron chi connectivity index (χ1n) is 5.16. The fourth-order valence-corrected chi connectivity index (χ4v) is 1.62. The zero-order valence-corrected chi connectivity index (χ0v) is 11.0. The summed E-state index contributed by atoms with van der Waals surface area (Å²) in [5, 5.41) is 22.2. The molecule has 1 atom stereocenters. The third-order valence-corrected chi connectivity index (χ3v) is 2.58. The number of carboxylic acids is 1. The molecule has 0 saturated heterocycles. The Morgan fingerprint density at radius 1 is 1.33 bits per heavy atom. The number of benzene rings is 1. The quantitative estimate of drug-likeness (QED) is 0.642. The number of carbonyl (C=O) groups is 2. The Balaban J connectivity index is 2.31. The highest BCUT2D eigenvalue weighted by Gasteiger charge is 2.13. The number of aliphatic hydroxyl groups excluding tert-OH is 1. The minimum Gasteiger partial charge on any atom is -0.479 e. The molecule has 7 heteroatoms. The second-order valence-corrected chi connectivity index (χ2v) is 4.46. The summed E-state index contributed by atoms with van der Waals surface area (Å²) in [5.41, 5.74) is 0.901. The van der Waals surface area contributed by atoms with E-state index in [0.29, 0.717) is 6.54 Å². The van der Waals surface area contributed by atoms with Crippen LogP contribution in [0.1, 0.15) is 5.56 Å². The van der Waals surface area contributed by atoms with Crippen LogP contribution >= 0.6 is 15.9 Å². The Bertz CT molecular complexity index is 439. The van der Waals surface area contributed by atoms with Crippen molar-refractivity contribution in [3.8, 4) is 0 Å². The average molecular weight is 317 g/mol. The molecule has 0 aliphatic heterocycles. The molecule has 0 aliphatic rings. The van der Waals surface area contributed by atoms with Crippen LogP contribution in [-0.2, 0) is 11.3 Å². The van der Waals surface area contributed by atoms with Crippen molar-refractivity contribution in [1.29, 1.82) is 0 Å². The van der Waals surface area contributed by atoms with Gasteiger partial charge in [-0.05, 0) is 17.7 Å². The standard InChI is InChI=1S/C11H13BrN2O4/c12-8-3-1-2-7(4-8)5-13-11(18)14-6-9(15)10(16)17/h1-4,9,15H,5-6H2,(H,16,17)(H2,13,14,18). The highest BCUT2D eigenvalue weighted by Crippen LogP contribution is 2.11. The van der Waals surface area contributed by atoms with Gasteiger partial charge in [0.1, 0.15) is 0 Å². The number of halogens is 1. The summed E-state index contributed by atoms with van der Waals surface area (Å²) in [6.45, 7) is -0.0198. The highest BCUT2D eigenvalue weighted by atomic mass is 79.9. The number of urea groups is 1. The number of aliphatic hydroxyl groups is 1.